The highest BCUT2D eigenvalue weighted by Gasteiger charge is 2.33. The number of carbonyl (C=O) groups excluding carboxylic acids is 1. The van der Waals surface area contributed by atoms with Gasteiger partial charge in [-0.15, -0.1) is 0 Å². The Balaban J connectivity index is 1.39. The molecule has 0 saturated carbocycles. The van der Waals surface area contributed by atoms with Gasteiger partial charge in [0.05, 0.1) is 5.56 Å². The highest BCUT2D eigenvalue weighted by molar-refractivity contribution is 5.79. The lowest BCUT2D eigenvalue weighted by molar-refractivity contribution is -0.138. The molecule has 184 valence electrons. The van der Waals surface area contributed by atoms with E-state index in [0.717, 1.165) is 6.07 Å². The summed E-state index contributed by atoms with van der Waals surface area (Å²) in [5.41, 5.74) is -0.0777. The highest BCUT2D eigenvalue weighted by atomic mass is 19.4. The number of rotatable bonds is 6. The predicted octanol–water partition coefficient (Wildman–Crippen LogP) is 4.27. The third-order valence-corrected chi connectivity index (χ3v) is 5.87. The molecular weight excluding hydrogens is 464 g/mol. The summed E-state index contributed by atoms with van der Waals surface area (Å²) >= 11 is 0. The summed E-state index contributed by atoms with van der Waals surface area (Å²) in [6, 6.07) is 11.0. The quantitative estimate of drug-likeness (QED) is 0.505. The number of nitrogens with zero attached hydrogens (tertiary/aromatic N) is 4. The van der Waals surface area contributed by atoms with Crippen molar-refractivity contribution in [2.75, 3.05) is 30.4 Å². The number of hydrogen-bond acceptors (Lipinski definition) is 6. The maximum atomic E-state index is 13.3. The summed E-state index contributed by atoms with van der Waals surface area (Å²) in [7, 11) is 1.68. The van der Waals surface area contributed by atoms with Crippen molar-refractivity contribution in [2.45, 2.75) is 25.6 Å². The zero-order valence-corrected chi connectivity index (χ0v) is 18.9. The Morgan fingerprint density at radius 1 is 1.03 bits per heavy atom. The van der Waals surface area contributed by atoms with Crippen LogP contribution in [0.1, 0.15) is 24.0 Å². The second-order valence-corrected chi connectivity index (χ2v) is 8.17. The van der Waals surface area contributed by atoms with Crippen molar-refractivity contribution in [2.24, 2.45) is 5.92 Å². The minimum atomic E-state index is -4.48. The molecule has 0 bridgehead atoms. The molecule has 0 spiro atoms. The van der Waals surface area contributed by atoms with Gasteiger partial charge in [0.2, 0.25) is 17.8 Å². The van der Waals surface area contributed by atoms with E-state index in [0.29, 0.717) is 49.2 Å². The number of amides is 1. The van der Waals surface area contributed by atoms with E-state index in [-0.39, 0.29) is 29.8 Å². The number of hydrogen-bond donors (Lipinski definition) is 2. The standard InChI is InChI=1S/C24H24F4N6O/c1-29-22-31-20(15-6-8-18(25)9-7-15)32-23(33-22)34-12-10-16(11-13-34)21(35)30-14-17-4-2-3-5-19(17)24(26,27)28/h2-9,16H,10-14H2,1H3,(H,30,35)(H,29,31,32,33). The molecule has 0 unspecified atom stereocenters. The van der Waals surface area contributed by atoms with Crippen molar-refractivity contribution < 1.29 is 22.4 Å². The fourth-order valence-corrected chi connectivity index (χ4v) is 3.97. The van der Waals surface area contributed by atoms with E-state index in [1.165, 1.54) is 30.3 Å². The first kappa shape index (κ1) is 24.4. The van der Waals surface area contributed by atoms with E-state index in [9.17, 15) is 22.4 Å². The fourth-order valence-electron chi connectivity index (χ4n) is 3.97. The van der Waals surface area contributed by atoms with Gasteiger partial charge in [-0.05, 0) is 48.7 Å². The van der Waals surface area contributed by atoms with E-state index in [1.54, 1.807) is 19.2 Å². The lowest BCUT2D eigenvalue weighted by Gasteiger charge is -2.31. The molecule has 4 rings (SSSR count). The lowest BCUT2D eigenvalue weighted by atomic mass is 9.96. The average Bonchev–Trinajstić information content (AvgIpc) is 2.87. The van der Waals surface area contributed by atoms with E-state index in [2.05, 4.69) is 25.6 Å². The number of nitrogens with one attached hydrogen (secondary N) is 2. The fraction of sp³-hybridized carbons (Fsp3) is 0.333. The zero-order valence-electron chi connectivity index (χ0n) is 18.9. The number of halogens is 4. The molecule has 11 heteroatoms. The Hall–Kier alpha value is -3.76. The van der Waals surface area contributed by atoms with Gasteiger partial charge in [0.1, 0.15) is 5.82 Å². The highest BCUT2D eigenvalue weighted by Crippen LogP contribution is 2.32. The molecule has 0 aliphatic carbocycles. The summed E-state index contributed by atoms with van der Waals surface area (Å²) in [6.07, 6.45) is -3.48. The summed E-state index contributed by atoms with van der Waals surface area (Å²) in [5.74, 6) is 0.215. The SMILES string of the molecule is CNc1nc(-c2ccc(F)cc2)nc(N2CCC(C(=O)NCc3ccccc3C(F)(F)F)CC2)n1. The number of anilines is 2. The van der Waals surface area contributed by atoms with Crippen molar-refractivity contribution >= 4 is 17.8 Å². The average molecular weight is 488 g/mol. The molecule has 7 nitrogen and oxygen atoms in total. The van der Waals surface area contributed by atoms with Crippen LogP contribution in [0.2, 0.25) is 0 Å². The minimum absolute atomic E-state index is 0.0314. The Morgan fingerprint density at radius 2 is 1.71 bits per heavy atom. The van der Waals surface area contributed by atoms with E-state index in [4.69, 9.17) is 0 Å². The predicted molar refractivity (Wildman–Crippen MR) is 123 cm³/mol. The molecule has 2 N–H and O–H groups in total. The monoisotopic (exact) mass is 488 g/mol. The molecule has 1 fully saturated rings. The Bertz CT molecular complexity index is 1180. The summed E-state index contributed by atoms with van der Waals surface area (Å²) < 4.78 is 52.8. The van der Waals surface area contributed by atoms with Crippen molar-refractivity contribution in [1.29, 1.82) is 0 Å². The van der Waals surface area contributed by atoms with Crippen LogP contribution in [0.3, 0.4) is 0 Å². The van der Waals surface area contributed by atoms with Gasteiger partial charge in [-0.1, -0.05) is 18.2 Å². The van der Waals surface area contributed by atoms with Gasteiger partial charge < -0.3 is 15.5 Å². The van der Waals surface area contributed by atoms with Gasteiger partial charge >= 0.3 is 6.18 Å². The second kappa shape index (κ2) is 10.2. The maximum Gasteiger partial charge on any atom is 0.416 e. The number of alkyl halides is 3. The Morgan fingerprint density at radius 3 is 2.37 bits per heavy atom. The van der Waals surface area contributed by atoms with Gasteiger partial charge in [-0.3, -0.25) is 4.79 Å². The first-order chi connectivity index (χ1) is 16.7. The molecule has 2 aromatic carbocycles. The maximum absolute atomic E-state index is 13.3. The van der Waals surface area contributed by atoms with Gasteiger partial charge in [0, 0.05) is 38.2 Å². The van der Waals surface area contributed by atoms with Gasteiger partial charge in [0.15, 0.2) is 5.82 Å². The second-order valence-electron chi connectivity index (χ2n) is 8.17. The van der Waals surface area contributed by atoms with Crippen LogP contribution in [-0.2, 0) is 17.5 Å². The number of aromatic nitrogens is 3. The van der Waals surface area contributed by atoms with E-state index in [1.807, 2.05) is 4.90 Å². The van der Waals surface area contributed by atoms with E-state index < -0.39 is 11.7 Å². The van der Waals surface area contributed by atoms with Gasteiger partial charge in [0.25, 0.3) is 0 Å². The molecule has 1 amide bonds. The topological polar surface area (TPSA) is 83.0 Å². The third-order valence-electron chi connectivity index (χ3n) is 5.87. The zero-order chi connectivity index (χ0) is 25.0. The number of carbonyl (C=O) groups is 1. The molecule has 0 atom stereocenters. The minimum Gasteiger partial charge on any atom is -0.357 e. The molecule has 3 aromatic rings. The van der Waals surface area contributed by atoms with Crippen LogP contribution < -0.4 is 15.5 Å². The van der Waals surface area contributed by atoms with Gasteiger partial charge in [-0.25, -0.2) is 4.39 Å². The molecule has 1 aliphatic rings. The van der Waals surface area contributed by atoms with E-state index >= 15 is 0 Å². The third kappa shape index (κ3) is 5.84. The molecule has 1 aliphatic heterocycles. The summed E-state index contributed by atoms with van der Waals surface area (Å²) in [6.45, 7) is 0.801. The van der Waals surface area contributed by atoms with Crippen LogP contribution in [0, 0.1) is 11.7 Å². The van der Waals surface area contributed by atoms with Crippen molar-refractivity contribution in [3.8, 4) is 11.4 Å². The Kier molecular flexibility index (Phi) is 7.13. The smallest absolute Gasteiger partial charge is 0.357 e. The van der Waals surface area contributed by atoms with Crippen LogP contribution in [0.25, 0.3) is 11.4 Å². The Labute approximate surface area is 199 Å². The number of benzene rings is 2. The largest absolute Gasteiger partial charge is 0.416 e. The molecule has 2 heterocycles. The molecule has 35 heavy (non-hydrogen) atoms. The first-order valence-electron chi connectivity index (χ1n) is 11.1. The van der Waals surface area contributed by atoms with Crippen LogP contribution in [0.15, 0.2) is 48.5 Å². The molecule has 1 saturated heterocycles. The van der Waals surface area contributed by atoms with Crippen LogP contribution in [0.5, 0.6) is 0 Å². The van der Waals surface area contributed by atoms with Crippen LogP contribution in [0.4, 0.5) is 29.5 Å². The van der Waals surface area contributed by atoms with Crippen LogP contribution in [-0.4, -0.2) is 41.0 Å². The first-order valence-corrected chi connectivity index (χ1v) is 11.1. The van der Waals surface area contributed by atoms with Crippen molar-refractivity contribution in [3.05, 3.63) is 65.5 Å². The molecule has 1 aromatic heterocycles. The summed E-state index contributed by atoms with van der Waals surface area (Å²) in [4.78, 5) is 27.8. The number of piperidine rings is 1. The molecular formula is C24H24F4N6O. The summed E-state index contributed by atoms with van der Waals surface area (Å²) in [5, 5.41) is 5.55. The van der Waals surface area contributed by atoms with Gasteiger partial charge in [-0.2, -0.15) is 28.1 Å². The van der Waals surface area contributed by atoms with Crippen LogP contribution >= 0.6 is 0 Å². The lowest BCUT2D eigenvalue weighted by Crippen LogP contribution is -2.41. The van der Waals surface area contributed by atoms with Crippen molar-refractivity contribution in [3.63, 3.8) is 0 Å². The molecule has 0 radical (unpaired) electrons. The van der Waals surface area contributed by atoms with Crippen molar-refractivity contribution in [1.82, 2.24) is 20.3 Å². The normalized spacial score (nSPS) is 14.6.